The Hall–Kier alpha value is -0.593. The molecule has 2 unspecified atom stereocenters. The average Bonchev–Trinajstić information content (AvgIpc) is 2.13. The Labute approximate surface area is 110 Å². The molecule has 0 bridgehead atoms. The maximum absolute atomic E-state index is 11.0. The van der Waals surface area contributed by atoms with E-state index in [9.17, 15) is 4.79 Å². The lowest BCUT2D eigenvalue weighted by Gasteiger charge is -2.43. The molecular weight excluding hydrogens is 248 g/mol. The summed E-state index contributed by atoms with van der Waals surface area (Å²) in [4.78, 5) is 12.4. The summed E-state index contributed by atoms with van der Waals surface area (Å²) < 4.78 is 6.25. The second-order valence-corrected chi connectivity index (χ2v) is 11.4. The topological polar surface area (TPSA) is 75.8 Å². The lowest BCUT2D eigenvalue weighted by molar-refractivity contribution is 0.0634. The Balaban J connectivity index is 2.70. The summed E-state index contributed by atoms with van der Waals surface area (Å²) in [7, 11) is -1.86. The Morgan fingerprint density at radius 1 is 1.39 bits per heavy atom. The van der Waals surface area contributed by atoms with Crippen LogP contribution >= 0.6 is 0 Å². The second-order valence-electron chi connectivity index (χ2n) is 6.68. The van der Waals surface area contributed by atoms with Crippen LogP contribution in [-0.2, 0) is 4.43 Å². The van der Waals surface area contributed by atoms with Crippen LogP contribution in [0.15, 0.2) is 0 Å². The maximum Gasteiger partial charge on any atom is 0.407 e. The summed E-state index contributed by atoms with van der Waals surface area (Å²) in [5, 5.41) is 9.19. The third kappa shape index (κ3) is 3.70. The van der Waals surface area contributed by atoms with E-state index in [2.05, 4.69) is 33.9 Å². The molecule has 0 radical (unpaired) electrons. The number of carbonyl (C=O) groups is 1. The molecule has 0 spiro atoms. The molecule has 0 saturated carbocycles. The molecular formula is C12H26N2O3Si. The Kier molecular flexibility index (Phi) is 4.45. The van der Waals surface area contributed by atoms with Gasteiger partial charge in [0.1, 0.15) is 0 Å². The fraction of sp³-hybridized carbons (Fsp3) is 0.917. The van der Waals surface area contributed by atoms with Crippen LogP contribution in [0.2, 0.25) is 18.1 Å². The van der Waals surface area contributed by atoms with Crippen LogP contribution in [0.3, 0.4) is 0 Å². The van der Waals surface area contributed by atoms with Gasteiger partial charge in [-0.1, -0.05) is 20.8 Å². The van der Waals surface area contributed by atoms with Crippen molar-refractivity contribution in [2.24, 2.45) is 5.73 Å². The van der Waals surface area contributed by atoms with Crippen LogP contribution < -0.4 is 5.73 Å². The molecule has 0 aromatic carbocycles. The molecule has 5 nitrogen and oxygen atoms in total. The van der Waals surface area contributed by atoms with Crippen LogP contribution in [0.4, 0.5) is 4.79 Å². The van der Waals surface area contributed by atoms with Gasteiger partial charge >= 0.3 is 6.09 Å². The standard InChI is InChI=1S/C12H26N2O3Si/c1-12(2,3)18(4,5)17-10-6-9(13)7-14(8-10)11(15)16/h9-10H,6-8,13H2,1-5H3,(H,15,16). The average molecular weight is 274 g/mol. The minimum atomic E-state index is -1.86. The Morgan fingerprint density at radius 3 is 2.39 bits per heavy atom. The zero-order valence-corrected chi connectivity index (χ0v) is 13.1. The molecule has 1 aliphatic rings. The van der Waals surface area contributed by atoms with Gasteiger partial charge in [-0.25, -0.2) is 4.79 Å². The van der Waals surface area contributed by atoms with Gasteiger partial charge in [0.25, 0.3) is 0 Å². The van der Waals surface area contributed by atoms with Crippen LogP contribution in [0, 0.1) is 0 Å². The van der Waals surface area contributed by atoms with Gasteiger partial charge in [-0.2, -0.15) is 0 Å². The van der Waals surface area contributed by atoms with E-state index in [-0.39, 0.29) is 17.2 Å². The zero-order chi connectivity index (χ0) is 14.1. The number of hydrogen-bond donors (Lipinski definition) is 2. The summed E-state index contributed by atoms with van der Waals surface area (Å²) in [6, 6.07) is -0.121. The van der Waals surface area contributed by atoms with E-state index in [0.29, 0.717) is 13.1 Å². The van der Waals surface area contributed by atoms with E-state index in [4.69, 9.17) is 15.3 Å². The van der Waals surface area contributed by atoms with Crippen LogP contribution in [0.5, 0.6) is 0 Å². The molecule has 0 aromatic heterocycles. The van der Waals surface area contributed by atoms with Gasteiger partial charge in [0.2, 0.25) is 0 Å². The number of amides is 1. The third-order valence-corrected chi connectivity index (χ3v) is 8.52. The minimum absolute atomic E-state index is 0.0641. The van der Waals surface area contributed by atoms with Gasteiger partial charge in [0.15, 0.2) is 8.32 Å². The number of hydrogen-bond acceptors (Lipinski definition) is 3. The van der Waals surface area contributed by atoms with Gasteiger partial charge in [-0.15, -0.1) is 0 Å². The first kappa shape index (κ1) is 15.5. The second kappa shape index (κ2) is 5.18. The maximum atomic E-state index is 11.0. The van der Waals surface area contributed by atoms with E-state index < -0.39 is 14.4 Å². The van der Waals surface area contributed by atoms with E-state index in [1.54, 1.807) is 0 Å². The smallest absolute Gasteiger partial charge is 0.407 e. The monoisotopic (exact) mass is 274 g/mol. The van der Waals surface area contributed by atoms with Crippen molar-refractivity contribution in [1.82, 2.24) is 4.90 Å². The number of piperidine rings is 1. The van der Waals surface area contributed by atoms with E-state index in [1.807, 2.05) is 0 Å². The quantitative estimate of drug-likeness (QED) is 0.756. The number of carboxylic acid groups (broad SMARTS) is 1. The highest BCUT2D eigenvalue weighted by molar-refractivity contribution is 6.74. The molecule has 1 saturated heterocycles. The summed E-state index contributed by atoms with van der Waals surface area (Å²) in [6.45, 7) is 11.7. The minimum Gasteiger partial charge on any atom is -0.465 e. The zero-order valence-electron chi connectivity index (χ0n) is 12.1. The van der Waals surface area contributed by atoms with Crippen molar-refractivity contribution >= 4 is 14.4 Å². The number of rotatable bonds is 2. The van der Waals surface area contributed by atoms with Gasteiger partial charge in [0, 0.05) is 19.1 Å². The van der Waals surface area contributed by atoms with Crippen molar-refractivity contribution in [2.75, 3.05) is 13.1 Å². The molecule has 106 valence electrons. The van der Waals surface area contributed by atoms with Crippen LogP contribution in [0.1, 0.15) is 27.2 Å². The van der Waals surface area contributed by atoms with Gasteiger partial charge in [-0.3, -0.25) is 0 Å². The SMILES string of the molecule is CC(C)(C)[Si](C)(C)OC1CC(N)CN(C(=O)O)C1. The van der Waals surface area contributed by atoms with E-state index in [1.165, 1.54) is 4.90 Å². The molecule has 1 fully saturated rings. The molecule has 1 aliphatic heterocycles. The van der Waals surface area contributed by atoms with Crippen LogP contribution in [-0.4, -0.2) is 49.7 Å². The highest BCUT2D eigenvalue weighted by Crippen LogP contribution is 2.38. The van der Waals surface area contributed by atoms with Crippen molar-refractivity contribution in [3.8, 4) is 0 Å². The molecule has 1 amide bonds. The first-order chi connectivity index (χ1) is 8.03. The number of nitrogens with zero attached hydrogens (tertiary/aromatic N) is 1. The van der Waals surface area contributed by atoms with Gasteiger partial charge in [-0.05, 0) is 24.6 Å². The van der Waals surface area contributed by atoms with Crippen molar-refractivity contribution in [3.05, 3.63) is 0 Å². The van der Waals surface area contributed by atoms with Gasteiger partial charge in [0.05, 0.1) is 6.10 Å². The number of likely N-dealkylation sites (tertiary alicyclic amines) is 1. The van der Waals surface area contributed by atoms with Crippen molar-refractivity contribution in [2.45, 2.75) is 57.5 Å². The van der Waals surface area contributed by atoms with Crippen LogP contribution in [0.25, 0.3) is 0 Å². The van der Waals surface area contributed by atoms with E-state index in [0.717, 1.165) is 6.42 Å². The van der Waals surface area contributed by atoms with Crippen molar-refractivity contribution in [3.63, 3.8) is 0 Å². The largest absolute Gasteiger partial charge is 0.465 e. The highest BCUT2D eigenvalue weighted by Gasteiger charge is 2.41. The Bertz CT molecular complexity index is 315. The fourth-order valence-corrected chi connectivity index (χ4v) is 3.28. The first-order valence-corrected chi connectivity index (χ1v) is 9.35. The molecule has 2 atom stereocenters. The molecule has 6 heteroatoms. The highest BCUT2D eigenvalue weighted by atomic mass is 28.4. The summed E-state index contributed by atoms with van der Waals surface area (Å²) >= 11 is 0. The normalized spacial score (nSPS) is 26.2. The summed E-state index contributed by atoms with van der Waals surface area (Å²) in [5.74, 6) is 0. The first-order valence-electron chi connectivity index (χ1n) is 6.44. The molecule has 1 rings (SSSR count). The van der Waals surface area contributed by atoms with Crippen molar-refractivity contribution < 1.29 is 14.3 Å². The van der Waals surface area contributed by atoms with Gasteiger partial charge < -0.3 is 20.2 Å². The van der Waals surface area contributed by atoms with Crippen molar-refractivity contribution in [1.29, 1.82) is 0 Å². The third-order valence-electron chi connectivity index (χ3n) is 3.98. The summed E-state index contributed by atoms with van der Waals surface area (Å²) in [6.07, 6.45) is -0.226. The molecule has 0 aromatic rings. The molecule has 18 heavy (non-hydrogen) atoms. The molecule has 1 heterocycles. The molecule has 0 aliphatic carbocycles. The lowest BCUT2D eigenvalue weighted by atomic mass is 10.0. The summed E-state index contributed by atoms with van der Waals surface area (Å²) in [5.41, 5.74) is 5.91. The Morgan fingerprint density at radius 2 is 1.94 bits per heavy atom. The fourth-order valence-electron chi connectivity index (χ4n) is 1.93. The lowest BCUT2D eigenvalue weighted by Crippen LogP contribution is -2.55. The van der Waals surface area contributed by atoms with E-state index >= 15 is 0 Å². The predicted molar refractivity (Wildman–Crippen MR) is 74.3 cm³/mol. The predicted octanol–water partition coefficient (Wildman–Crippen LogP) is 2.09. The molecule has 3 N–H and O–H groups in total. The number of nitrogens with two attached hydrogens (primary N) is 1.